The molecule has 1 saturated heterocycles. The summed E-state index contributed by atoms with van der Waals surface area (Å²) in [5.41, 5.74) is -0.113. The third-order valence-corrected chi connectivity index (χ3v) is 7.32. The Hall–Kier alpha value is -2.36. The van der Waals surface area contributed by atoms with Crippen molar-refractivity contribution in [2.45, 2.75) is 58.2 Å². The Morgan fingerprint density at radius 1 is 1.24 bits per heavy atom. The van der Waals surface area contributed by atoms with Crippen LogP contribution >= 0.6 is 0 Å². The highest BCUT2D eigenvalue weighted by Gasteiger charge is 2.43. The Morgan fingerprint density at radius 2 is 1.94 bits per heavy atom. The number of amides is 1. The summed E-state index contributed by atoms with van der Waals surface area (Å²) in [6.07, 6.45) is 0.378. The maximum Gasteiger partial charge on any atom is 0.254 e. The molecule has 2 N–H and O–H groups in total. The number of hydrogen-bond acceptors (Lipinski definition) is 4. The number of rotatable bonds is 7. The lowest BCUT2D eigenvalue weighted by Gasteiger charge is -2.32. The van der Waals surface area contributed by atoms with Crippen molar-refractivity contribution in [2.24, 2.45) is 0 Å². The molecule has 1 heterocycles. The van der Waals surface area contributed by atoms with E-state index < -0.39 is 45.2 Å². The number of nitrogens with zero attached hydrogens (tertiary/aromatic N) is 1. The summed E-state index contributed by atoms with van der Waals surface area (Å²) >= 11 is 0. The second-order valence-corrected chi connectivity index (χ2v) is 11.1. The molecule has 2 atom stereocenters. The van der Waals surface area contributed by atoms with Crippen molar-refractivity contribution in [1.29, 1.82) is 0 Å². The van der Waals surface area contributed by atoms with Crippen LogP contribution in [-0.2, 0) is 21.2 Å². The summed E-state index contributed by atoms with van der Waals surface area (Å²) in [4.78, 5) is 14.3. The molecule has 2 aromatic carbocycles. The summed E-state index contributed by atoms with van der Waals surface area (Å²) in [6, 6.07) is 7.76. The van der Waals surface area contributed by atoms with Crippen LogP contribution in [0, 0.1) is 18.6 Å². The van der Waals surface area contributed by atoms with Crippen molar-refractivity contribution >= 4 is 15.9 Å². The van der Waals surface area contributed by atoms with Crippen LogP contribution < -0.4 is 4.72 Å². The molecule has 1 fully saturated rings. The smallest absolute Gasteiger partial charge is 0.254 e. The van der Waals surface area contributed by atoms with Gasteiger partial charge < -0.3 is 10.0 Å². The topological polar surface area (TPSA) is 86.7 Å². The molecular formula is C24H30F2N2O4S. The molecule has 1 aliphatic rings. The van der Waals surface area contributed by atoms with Gasteiger partial charge in [0.2, 0.25) is 10.0 Å². The minimum absolute atomic E-state index is 0.0344. The number of benzene rings is 2. The van der Waals surface area contributed by atoms with Gasteiger partial charge in [-0.05, 0) is 69.4 Å². The van der Waals surface area contributed by atoms with E-state index in [1.165, 1.54) is 37.8 Å². The number of sulfonamides is 1. The van der Waals surface area contributed by atoms with Crippen LogP contribution in [0.5, 0.6) is 0 Å². The van der Waals surface area contributed by atoms with Crippen LogP contribution in [0.15, 0.2) is 36.4 Å². The number of likely N-dealkylation sites (tertiary alicyclic amines) is 1. The van der Waals surface area contributed by atoms with Gasteiger partial charge in [0.15, 0.2) is 0 Å². The lowest BCUT2D eigenvalue weighted by Crippen LogP contribution is -2.52. The molecule has 9 heteroatoms. The molecule has 33 heavy (non-hydrogen) atoms. The van der Waals surface area contributed by atoms with E-state index >= 15 is 4.39 Å². The molecule has 0 unspecified atom stereocenters. The van der Waals surface area contributed by atoms with Crippen LogP contribution in [0.2, 0.25) is 0 Å². The van der Waals surface area contributed by atoms with Crippen LogP contribution in [0.4, 0.5) is 8.78 Å². The highest BCUT2D eigenvalue weighted by molar-refractivity contribution is 7.89. The van der Waals surface area contributed by atoms with Crippen molar-refractivity contribution in [2.75, 3.05) is 12.3 Å². The molecule has 1 aliphatic heterocycles. The zero-order valence-electron chi connectivity index (χ0n) is 19.2. The predicted octanol–water partition coefficient (Wildman–Crippen LogP) is 3.16. The van der Waals surface area contributed by atoms with Gasteiger partial charge in [-0.2, -0.15) is 0 Å². The minimum Gasteiger partial charge on any atom is -0.381 e. The molecule has 6 nitrogen and oxygen atoms in total. The molecular weight excluding hydrogens is 450 g/mol. The molecule has 1 amide bonds. The van der Waals surface area contributed by atoms with Gasteiger partial charge in [-0.15, -0.1) is 0 Å². The van der Waals surface area contributed by atoms with Crippen molar-refractivity contribution in [3.05, 3.63) is 59.2 Å². The summed E-state index contributed by atoms with van der Waals surface area (Å²) in [7, 11) is -3.57. The van der Waals surface area contributed by atoms with E-state index in [-0.39, 0.29) is 29.8 Å². The fraction of sp³-hybridized carbons (Fsp3) is 0.458. The van der Waals surface area contributed by atoms with Gasteiger partial charge >= 0.3 is 0 Å². The number of aryl methyl sites for hydroxylation is 1. The fourth-order valence-electron chi connectivity index (χ4n) is 4.24. The Bertz CT molecular complexity index is 1130. The van der Waals surface area contributed by atoms with E-state index in [2.05, 4.69) is 4.72 Å². The number of hydrogen-bond donors (Lipinski definition) is 2. The third kappa shape index (κ3) is 5.77. The first-order valence-corrected chi connectivity index (χ1v) is 12.6. The molecule has 2 aromatic rings. The Morgan fingerprint density at radius 3 is 2.55 bits per heavy atom. The molecule has 0 saturated carbocycles. The minimum atomic E-state index is -3.57. The average molecular weight is 481 g/mol. The standard InChI is InChI=1S/C24H30F2N2O4S/c1-5-33(31,32)27-20-9-10-28(23(29)24(3,4)30)21(20)14-16-7-6-8-19(22(16)26)17-11-15(2)12-18(25)13-17/h6-8,11-13,20-21,27,30H,5,9-10,14H2,1-4H3/t20-,21-/m0/s1. The van der Waals surface area contributed by atoms with E-state index in [4.69, 9.17) is 0 Å². The van der Waals surface area contributed by atoms with E-state index in [1.54, 1.807) is 31.2 Å². The van der Waals surface area contributed by atoms with Crippen LogP contribution in [0.3, 0.4) is 0 Å². The highest BCUT2D eigenvalue weighted by atomic mass is 32.2. The second kappa shape index (κ2) is 9.48. The summed E-state index contributed by atoms with van der Waals surface area (Å²) in [5.74, 6) is -1.70. The number of aliphatic hydroxyl groups is 1. The number of halogens is 2. The maximum absolute atomic E-state index is 15.6. The van der Waals surface area contributed by atoms with Gasteiger partial charge in [0.25, 0.3) is 5.91 Å². The summed E-state index contributed by atoms with van der Waals surface area (Å²) < 4.78 is 56.5. The monoisotopic (exact) mass is 480 g/mol. The summed E-state index contributed by atoms with van der Waals surface area (Å²) in [6.45, 7) is 6.19. The lowest BCUT2D eigenvalue weighted by molar-refractivity contribution is -0.148. The molecule has 3 rings (SSSR count). The second-order valence-electron chi connectivity index (χ2n) is 9.04. The first kappa shape index (κ1) is 25.3. The Labute approximate surface area is 193 Å². The summed E-state index contributed by atoms with van der Waals surface area (Å²) in [5, 5.41) is 10.3. The number of nitrogens with one attached hydrogen (secondary N) is 1. The van der Waals surface area contributed by atoms with Crippen molar-refractivity contribution < 1.29 is 27.1 Å². The molecule has 0 bridgehead atoms. The van der Waals surface area contributed by atoms with Crippen molar-refractivity contribution in [1.82, 2.24) is 9.62 Å². The number of carbonyl (C=O) groups excluding carboxylic acids is 1. The molecule has 0 aliphatic carbocycles. The van der Waals surface area contributed by atoms with Gasteiger partial charge in [-0.3, -0.25) is 4.79 Å². The fourth-order valence-corrected chi connectivity index (χ4v) is 5.14. The predicted molar refractivity (Wildman–Crippen MR) is 123 cm³/mol. The molecule has 0 aromatic heterocycles. The molecule has 0 radical (unpaired) electrons. The van der Waals surface area contributed by atoms with E-state index in [9.17, 15) is 22.7 Å². The van der Waals surface area contributed by atoms with Crippen LogP contribution in [0.1, 0.15) is 38.3 Å². The van der Waals surface area contributed by atoms with Gasteiger partial charge in [-0.1, -0.05) is 24.3 Å². The number of carbonyl (C=O) groups is 1. The van der Waals surface area contributed by atoms with Crippen molar-refractivity contribution in [3.8, 4) is 11.1 Å². The largest absolute Gasteiger partial charge is 0.381 e. The van der Waals surface area contributed by atoms with Gasteiger partial charge in [0.1, 0.15) is 17.2 Å². The lowest BCUT2D eigenvalue weighted by atomic mass is 9.95. The maximum atomic E-state index is 15.6. The SMILES string of the molecule is CCS(=O)(=O)N[C@H]1CCN(C(=O)C(C)(C)O)[C@H]1Cc1cccc(-c2cc(C)cc(F)c2)c1F. The van der Waals surface area contributed by atoms with Crippen LogP contribution in [-0.4, -0.2) is 54.3 Å². The normalized spacial score (nSPS) is 19.2. The first-order chi connectivity index (χ1) is 15.3. The quantitative estimate of drug-likeness (QED) is 0.638. The zero-order chi connectivity index (χ0) is 24.6. The van der Waals surface area contributed by atoms with E-state index in [1.807, 2.05) is 0 Å². The van der Waals surface area contributed by atoms with Crippen molar-refractivity contribution in [3.63, 3.8) is 0 Å². The van der Waals surface area contributed by atoms with E-state index in [0.29, 0.717) is 17.5 Å². The molecule has 180 valence electrons. The third-order valence-electron chi connectivity index (χ3n) is 5.90. The highest BCUT2D eigenvalue weighted by Crippen LogP contribution is 2.31. The molecule has 0 spiro atoms. The Balaban J connectivity index is 2.00. The Kier molecular flexibility index (Phi) is 7.26. The van der Waals surface area contributed by atoms with Crippen LogP contribution in [0.25, 0.3) is 11.1 Å². The van der Waals surface area contributed by atoms with Gasteiger partial charge in [-0.25, -0.2) is 21.9 Å². The zero-order valence-corrected chi connectivity index (χ0v) is 20.0. The average Bonchev–Trinajstić information content (AvgIpc) is 3.08. The van der Waals surface area contributed by atoms with E-state index in [0.717, 1.165) is 0 Å². The van der Waals surface area contributed by atoms with Gasteiger partial charge in [0.05, 0.1) is 11.8 Å². The van der Waals surface area contributed by atoms with Gasteiger partial charge in [0, 0.05) is 18.2 Å². The first-order valence-electron chi connectivity index (χ1n) is 10.9.